The van der Waals surface area contributed by atoms with Crippen molar-refractivity contribution in [3.63, 3.8) is 0 Å². The Hall–Kier alpha value is -2.04. The second-order valence-electron chi connectivity index (χ2n) is 5.54. The molecule has 0 bridgehead atoms. The van der Waals surface area contributed by atoms with Gasteiger partial charge in [-0.3, -0.25) is 9.59 Å². The molecule has 5 heteroatoms. The zero-order valence-corrected chi connectivity index (χ0v) is 13.5. The molecule has 1 rings (SSSR count). The summed E-state index contributed by atoms with van der Waals surface area (Å²) in [5.74, 6) is -0.0764. The molecule has 0 spiro atoms. The van der Waals surface area contributed by atoms with Crippen LogP contribution in [0.25, 0.3) is 0 Å². The van der Waals surface area contributed by atoms with E-state index in [4.69, 9.17) is 9.84 Å². The Balaban J connectivity index is 2.37. The standard InChI is InChI=1S/C17H25NO4/c1-13(2)18(11-10-17(20)21)16(19)9-6-12-22-15-8-5-4-7-14(15)3/h4-5,7-8,13H,6,9-12H2,1-3H3,(H,20,21). The molecule has 0 saturated heterocycles. The summed E-state index contributed by atoms with van der Waals surface area (Å²) in [7, 11) is 0. The van der Waals surface area contributed by atoms with Gasteiger partial charge in [-0.15, -0.1) is 0 Å². The van der Waals surface area contributed by atoms with Gasteiger partial charge in [0.1, 0.15) is 5.75 Å². The number of carboxylic acids is 1. The van der Waals surface area contributed by atoms with Gasteiger partial charge in [-0.2, -0.15) is 0 Å². The number of aryl methyl sites for hydroxylation is 1. The second-order valence-corrected chi connectivity index (χ2v) is 5.54. The maximum atomic E-state index is 12.2. The van der Waals surface area contributed by atoms with Gasteiger partial charge in [0.05, 0.1) is 13.0 Å². The zero-order valence-electron chi connectivity index (χ0n) is 13.5. The molecule has 0 aromatic heterocycles. The Morgan fingerprint density at radius 1 is 1.23 bits per heavy atom. The first kappa shape index (κ1) is 18.0. The summed E-state index contributed by atoms with van der Waals surface area (Å²) in [6.07, 6.45) is 0.955. The number of carboxylic acid groups (broad SMARTS) is 1. The van der Waals surface area contributed by atoms with E-state index in [1.165, 1.54) is 0 Å². The van der Waals surface area contributed by atoms with E-state index >= 15 is 0 Å². The molecule has 122 valence electrons. The fourth-order valence-electron chi connectivity index (χ4n) is 2.15. The van der Waals surface area contributed by atoms with Crippen molar-refractivity contribution in [2.24, 2.45) is 0 Å². The number of aliphatic carboxylic acids is 1. The quantitative estimate of drug-likeness (QED) is 0.712. The smallest absolute Gasteiger partial charge is 0.305 e. The van der Waals surface area contributed by atoms with E-state index in [1.807, 2.05) is 45.0 Å². The molecule has 0 heterocycles. The van der Waals surface area contributed by atoms with Gasteiger partial charge in [0.25, 0.3) is 0 Å². The fraction of sp³-hybridized carbons (Fsp3) is 0.529. The number of hydrogen-bond donors (Lipinski definition) is 1. The van der Waals surface area contributed by atoms with Crippen LogP contribution in [-0.4, -0.2) is 41.1 Å². The van der Waals surface area contributed by atoms with Crippen molar-refractivity contribution in [1.82, 2.24) is 4.90 Å². The number of para-hydroxylation sites is 1. The first-order valence-electron chi connectivity index (χ1n) is 7.61. The van der Waals surface area contributed by atoms with Crippen LogP contribution in [0.2, 0.25) is 0 Å². The minimum absolute atomic E-state index is 0.00383. The number of carbonyl (C=O) groups is 2. The van der Waals surface area contributed by atoms with Crippen molar-refractivity contribution in [2.75, 3.05) is 13.2 Å². The molecule has 0 unspecified atom stereocenters. The predicted molar refractivity (Wildman–Crippen MR) is 85.0 cm³/mol. The lowest BCUT2D eigenvalue weighted by Gasteiger charge is -2.26. The maximum Gasteiger partial charge on any atom is 0.305 e. The molecule has 0 fully saturated rings. The first-order chi connectivity index (χ1) is 10.4. The average molecular weight is 307 g/mol. The average Bonchev–Trinajstić information content (AvgIpc) is 2.44. The van der Waals surface area contributed by atoms with E-state index in [1.54, 1.807) is 4.90 Å². The molecule has 5 nitrogen and oxygen atoms in total. The van der Waals surface area contributed by atoms with Crippen LogP contribution in [0.3, 0.4) is 0 Å². The van der Waals surface area contributed by atoms with E-state index < -0.39 is 5.97 Å². The summed E-state index contributed by atoms with van der Waals surface area (Å²) in [6, 6.07) is 7.76. The molecule has 0 aliphatic heterocycles. The number of ether oxygens (including phenoxy) is 1. The third-order valence-corrected chi connectivity index (χ3v) is 3.40. The molecule has 0 radical (unpaired) electrons. The summed E-state index contributed by atoms with van der Waals surface area (Å²) < 4.78 is 5.66. The summed E-state index contributed by atoms with van der Waals surface area (Å²) >= 11 is 0. The molecule has 1 aromatic carbocycles. The van der Waals surface area contributed by atoms with E-state index in [0.717, 1.165) is 11.3 Å². The van der Waals surface area contributed by atoms with Gasteiger partial charge in [-0.05, 0) is 38.8 Å². The van der Waals surface area contributed by atoms with Crippen LogP contribution in [0.1, 0.15) is 38.7 Å². The van der Waals surface area contributed by atoms with E-state index in [0.29, 0.717) is 19.4 Å². The van der Waals surface area contributed by atoms with Gasteiger partial charge >= 0.3 is 5.97 Å². The van der Waals surface area contributed by atoms with E-state index in [-0.39, 0.29) is 24.9 Å². The maximum absolute atomic E-state index is 12.2. The van der Waals surface area contributed by atoms with Crippen LogP contribution in [0.5, 0.6) is 5.75 Å². The highest BCUT2D eigenvalue weighted by atomic mass is 16.5. The van der Waals surface area contributed by atoms with Gasteiger partial charge in [0, 0.05) is 19.0 Å². The highest BCUT2D eigenvalue weighted by Gasteiger charge is 2.17. The van der Waals surface area contributed by atoms with Crippen molar-refractivity contribution in [3.05, 3.63) is 29.8 Å². The lowest BCUT2D eigenvalue weighted by atomic mass is 10.2. The molecule has 0 aliphatic rings. The third kappa shape index (κ3) is 6.16. The Morgan fingerprint density at radius 3 is 2.50 bits per heavy atom. The van der Waals surface area contributed by atoms with Crippen LogP contribution in [0, 0.1) is 6.92 Å². The van der Waals surface area contributed by atoms with Crippen LogP contribution in [0.4, 0.5) is 0 Å². The van der Waals surface area contributed by atoms with Crippen molar-refractivity contribution >= 4 is 11.9 Å². The fourth-order valence-corrected chi connectivity index (χ4v) is 2.15. The number of carbonyl (C=O) groups excluding carboxylic acids is 1. The van der Waals surface area contributed by atoms with Gasteiger partial charge in [0.15, 0.2) is 0 Å². The number of rotatable bonds is 9. The molecule has 0 saturated carbocycles. The largest absolute Gasteiger partial charge is 0.493 e. The molecule has 1 amide bonds. The van der Waals surface area contributed by atoms with Gasteiger partial charge in [-0.1, -0.05) is 18.2 Å². The zero-order chi connectivity index (χ0) is 16.5. The Kier molecular flexibility index (Phi) is 7.43. The molecular weight excluding hydrogens is 282 g/mol. The number of benzene rings is 1. The molecule has 1 aromatic rings. The normalized spacial score (nSPS) is 10.5. The highest BCUT2D eigenvalue weighted by Crippen LogP contribution is 2.16. The van der Waals surface area contributed by atoms with Crippen LogP contribution >= 0.6 is 0 Å². The molecule has 1 N–H and O–H groups in total. The molecular formula is C17H25NO4. The Bertz CT molecular complexity index is 499. The highest BCUT2D eigenvalue weighted by molar-refractivity contribution is 5.77. The third-order valence-electron chi connectivity index (χ3n) is 3.40. The SMILES string of the molecule is Cc1ccccc1OCCCC(=O)N(CCC(=O)O)C(C)C. The number of amides is 1. The lowest BCUT2D eigenvalue weighted by molar-refractivity contribution is -0.139. The van der Waals surface area contributed by atoms with Crippen molar-refractivity contribution in [1.29, 1.82) is 0 Å². The van der Waals surface area contributed by atoms with E-state index in [2.05, 4.69) is 0 Å². The van der Waals surface area contributed by atoms with Crippen LogP contribution < -0.4 is 4.74 Å². The van der Waals surface area contributed by atoms with Crippen molar-refractivity contribution in [3.8, 4) is 5.75 Å². The Morgan fingerprint density at radius 2 is 1.91 bits per heavy atom. The van der Waals surface area contributed by atoms with Gasteiger partial charge in [-0.25, -0.2) is 0 Å². The lowest BCUT2D eigenvalue weighted by Crippen LogP contribution is -2.38. The van der Waals surface area contributed by atoms with Crippen molar-refractivity contribution in [2.45, 2.75) is 46.1 Å². The predicted octanol–water partition coefficient (Wildman–Crippen LogP) is 2.87. The first-order valence-corrected chi connectivity index (χ1v) is 7.61. The van der Waals surface area contributed by atoms with Gasteiger partial charge < -0.3 is 14.7 Å². The van der Waals surface area contributed by atoms with Crippen molar-refractivity contribution < 1.29 is 19.4 Å². The summed E-state index contributed by atoms with van der Waals surface area (Å²) in [5.41, 5.74) is 1.07. The summed E-state index contributed by atoms with van der Waals surface area (Å²) in [5, 5.41) is 8.73. The van der Waals surface area contributed by atoms with Gasteiger partial charge in [0.2, 0.25) is 5.91 Å². The Labute approximate surface area is 131 Å². The minimum Gasteiger partial charge on any atom is -0.493 e. The van der Waals surface area contributed by atoms with Crippen LogP contribution in [0.15, 0.2) is 24.3 Å². The topological polar surface area (TPSA) is 66.8 Å². The minimum atomic E-state index is -0.888. The number of nitrogens with zero attached hydrogens (tertiary/aromatic N) is 1. The van der Waals surface area contributed by atoms with E-state index in [9.17, 15) is 9.59 Å². The van der Waals surface area contributed by atoms with Crippen LogP contribution in [-0.2, 0) is 9.59 Å². The summed E-state index contributed by atoms with van der Waals surface area (Å²) in [6.45, 7) is 6.49. The number of hydrogen-bond acceptors (Lipinski definition) is 3. The molecule has 0 aliphatic carbocycles. The molecule has 22 heavy (non-hydrogen) atoms. The second kappa shape index (κ2) is 9.07. The molecule has 0 atom stereocenters. The monoisotopic (exact) mass is 307 g/mol. The summed E-state index contributed by atoms with van der Waals surface area (Å²) in [4.78, 5) is 24.4.